The van der Waals surface area contributed by atoms with E-state index in [1.165, 1.54) is 10.7 Å². The van der Waals surface area contributed by atoms with E-state index in [-0.39, 0.29) is 30.5 Å². The van der Waals surface area contributed by atoms with Gasteiger partial charge in [0.25, 0.3) is 5.56 Å². The number of carbonyl (C=O) groups is 1. The molecule has 0 radical (unpaired) electrons. The molecule has 5 heteroatoms. The molecule has 0 aliphatic carbocycles. The lowest BCUT2D eigenvalue weighted by atomic mass is 10.1. The van der Waals surface area contributed by atoms with E-state index in [0.717, 1.165) is 17.7 Å². The van der Waals surface area contributed by atoms with Crippen molar-refractivity contribution in [3.8, 4) is 11.3 Å². The zero-order valence-corrected chi connectivity index (χ0v) is 13.0. The molecule has 1 amide bonds. The van der Waals surface area contributed by atoms with Crippen LogP contribution in [-0.4, -0.2) is 21.7 Å². The average molecular weight is 299 g/mol. The van der Waals surface area contributed by atoms with Gasteiger partial charge in [-0.1, -0.05) is 37.3 Å². The molecule has 1 atom stereocenters. The second kappa shape index (κ2) is 7.54. The second-order valence-corrected chi connectivity index (χ2v) is 5.27. The minimum absolute atomic E-state index is 0.0619. The van der Waals surface area contributed by atoms with Gasteiger partial charge in [0.1, 0.15) is 0 Å². The highest BCUT2D eigenvalue weighted by atomic mass is 16.2. The van der Waals surface area contributed by atoms with E-state index in [9.17, 15) is 9.59 Å². The number of nitrogens with zero attached hydrogens (tertiary/aromatic N) is 2. The molecular formula is C17H21N3O2. The van der Waals surface area contributed by atoms with Crippen molar-refractivity contribution in [3.63, 3.8) is 0 Å². The zero-order chi connectivity index (χ0) is 15.9. The van der Waals surface area contributed by atoms with Crippen molar-refractivity contribution in [2.45, 2.75) is 39.3 Å². The maximum atomic E-state index is 11.9. The summed E-state index contributed by atoms with van der Waals surface area (Å²) in [4.78, 5) is 23.7. The van der Waals surface area contributed by atoms with Gasteiger partial charge in [0.05, 0.1) is 12.2 Å². The lowest BCUT2D eigenvalue weighted by molar-refractivity contribution is -0.122. The van der Waals surface area contributed by atoms with Gasteiger partial charge in [0.2, 0.25) is 5.91 Å². The molecule has 0 bridgehead atoms. The molecule has 116 valence electrons. The number of amides is 1. The molecule has 2 rings (SSSR count). The fourth-order valence-corrected chi connectivity index (χ4v) is 2.03. The maximum absolute atomic E-state index is 11.9. The Balaban J connectivity index is 2.08. The van der Waals surface area contributed by atoms with Gasteiger partial charge in [-0.15, -0.1) is 0 Å². The average Bonchev–Trinajstić information content (AvgIpc) is 2.54. The van der Waals surface area contributed by atoms with Crippen molar-refractivity contribution in [2.75, 3.05) is 0 Å². The summed E-state index contributed by atoms with van der Waals surface area (Å²) in [6.45, 7) is 4.25. The third kappa shape index (κ3) is 4.28. The largest absolute Gasteiger partial charge is 0.354 e. The quantitative estimate of drug-likeness (QED) is 0.889. The molecule has 1 N–H and O–H groups in total. The lowest BCUT2D eigenvalue weighted by Crippen LogP contribution is -2.33. The Morgan fingerprint density at radius 3 is 2.64 bits per heavy atom. The number of hydrogen-bond acceptors (Lipinski definition) is 3. The van der Waals surface area contributed by atoms with Crippen LogP contribution in [0.5, 0.6) is 0 Å². The Hall–Kier alpha value is -2.43. The minimum Gasteiger partial charge on any atom is -0.354 e. The van der Waals surface area contributed by atoms with Crippen LogP contribution in [0, 0.1) is 0 Å². The van der Waals surface area contributed by atoms with Gasteiger partial charge >= 0.3 is 0 Å². The van der Waals surface area contributed by atoms with E-state index in [4.69, 9.17) is 0 Å². The molecule has 0 fully saturated rings. The van der Waals surface area contributed by atoms with E-state index in [2.05, 4.69) is 10.4 Å². The normalized spacial score (nSPS) is 11.9. The minimum atomic E-state index is -0.198. The van der Waals surface area contributed by atoms with Crippen LogP contribution < -0.4 is 10.9 Å². The van der Waals surface area contributed by atoms with Crippen LogP contribution in [0.2, 0.25) is 0 Å². The molecule has 0 aliphatic heterocycles. The molecule has 0 unspecified atom stereocenters. The molecule has 2 aromatic rings. The van der Waals surface area contributed by atoms with Crippen molar-refractivity contribution in [2.24, 2.45) is 0 Å². The van der Waals surface area contributed by atoms with Crippen molar-refractivity contribution in [1.29, 1.82) is 0 Å². The first-order valence-corrected chi connectivity index (χ1v) is 7.53. The van der Waals surface area contributed by atoms with Crippen molar-refractivity contribution in [3.05, 3.63) is 52.8 Å². The molecule has 0 spiro atoms. The van der Waals surface area contributed by atoms with Crippen LogP contribution in [0.15, 0.2) is 47.3 Å². The first-order valence-electron chi connectivity index (χ1n) is 7.53. The van der Waals surface area contributed by atoms with Crippen LogP contribution in [-0.2, 0) is 11.3 Å². The molecule has 5 nitrogen and oxygen atoms in total. The van der Waals surface area contributed by atoms with Crippen LogP contribution in [0.4, 0.5) is 0 Å². The molecule has 22 heavy (non-hydrogen) atoms. The van der Waals surface area contributed by atoms with Crippen molar-refractivity contribution in [1.82, 2.24) is 15.1 Å². The first-order chi connectivity index (χ1) is 10.6. The van der Waals surface area contributed by atoms with Crippen LogP contribution in [0.1, 0.15) is 26.7 Å². The summed E-state index contributed by atoms with van der Waals surface area (Å²) in [6.07, 6.45) is 1.13. The summed E-state index contributed by atoms with van der Waals surface area (Å²) < 4.78 is 1.35. The number of benzene rings is 1. The summed E-state index contributed by atoms with van der Waals surface area (Å²) >= 11 is 0. The monoisotopic (exact) mass is 299 g/mol. The van der Waals surface area contributed by atoms with Gasteiger partial charge in [0.15, 0.2) is 0 Å². The Morgan fingerprint density at radius 2 is 1.95 bits per heavy atom. The Morgan fingerprint density at radius 1 is 1.23 bits per heavy atom. The fraction of sp³-hybridized carbons (Fsp3) is 0.353. The summed E-state index contributed by atoms with van der Waals surface area (Å²) in [5.41, 5.74) is 1.47. The highest BCUT2D eigenvalue weighted by Gasteiger charge is 2.08. The van der Waals surface area contributed by atoms with Crippen molar-refractivity contribution >= 4 is 5.91 Å². The number of nitrogens with one attached hydrogen (secondary N) is 1. The third-order valence-corrected chi connectivity index (χ3v) is 3.51. The van der Waals surface area contributed by atoms with Gasteiger partial charge in [-0.2, -0.15) is 5.10 Å². The topological polar surface area (TPSA) is 64.0 Å². The predicted octanol–water partition coefficient (Wildman–Crippen LogP) is 2.22. The molecular weight excluding hydrogens is 278 g/mol. The van der Waals surface area contributed by atoms with Gasteiger partial charge in [-0.3, -0.25) is 9.59 Å². The smallest absolute Gasteiger partial charge is 0.266 e. The molecule has 1 aromatic carbocycles. The number of aryl methyl sites for hydroxylation is 1. The van der Waals surface area contributed by atoms with Gasteiger partial charge < -0.3 is 5.32 Å². The van der Waals surface area contributed by atoms with Crippen LogP contribution in [0.3, 0.4) is 0 Å². The van der Waals surface area contributed by atoms with E-state index >= 15 is 0 Å². The Bertz CT molecular complexity index is 680. The summed E-state index contributed by atoms with van der Waals surface area (Å²) in [5.74, 6) is -0.0619. The molecule has 0 aliphatic rings. The van der Waals surface area contributed by atoms with E-state index in [0.29, 0.717) is 0 Å². The number of rotatable bonds is 6. The second-order valence-electron chi connectivity index (χ2n) is 5.27. The number of carbonyl (C=O) groups excluding carboxylic acids is 1. The predicted molar refractivity (Wildman–Crippen MR) is 86.4 cm³/mol. The number of aromatic nitrogens is 2. The van der Waals surface area contributed by atoms with Gasteiger partial charge in [-0.25, -0.2) is 4.68 Å². The van der Waals surface area contributed by atoms with E-state index in [1.807, 2.05) is 44.2 Å². The Labute approximate surface area is 130 Å². The fourth-order valence-electron chi connectivity index (χ4n) is 2.03. The lowest BCUT2D eigenvalue weighted by Gasteiger charge is -2.12. The highest BCUT2D eigenvalue weighted by Crippen LogP contribution is 2.13. The summed E-state index contributed by atoms with van der Waals surface area (Å²) in [7, 11) is 0. The molecule has 1 heterocycles. The highest BCUT2D eigenvalue weighted by molar-refractivity contribution is 5.76. The molecule has 0 saturated carbocycles. The van der Waals surface area contributed by atoms with Crippen LogP contribution >= 0.6 is 0 Å². The van der Waals surface area contributed by atoms with Gasteiger partial charge in [-0.05, 0) is 19.4 Å². The third-order valence-electron chi connectivity index (χ3n) is 3.51. The maximum Gasteiger partial charge on any atom is 0.266 e. The summed E-state index contributed by atoms with van der Waals surface area (Å²) in [5, 5.41) is 7.22. The molecule has 0 saturated heterocycles. The first kappa shape index (κ1) is 15.9. The molecule has 1 aromatic heterocycles. The van der Waals surface area contributed by atoms with Crippen LogP contribution in [0.25, 0.3) is 11.3 Å². The standard InChI is InChI=1S/C17H21N3O2/c1-3-13(2)18-16(21)11-12-20-17(22)10-9-15(19-20)14-7-5-4-6-8-14/h4-10,13H,3,11-12H2,1-2H3,(H,18,21)/t13-/m1/s1. The zero-order valence-electron chi connectivity index (χ0n) is 13.0. The van der Waals surface area contributed by atoms with Gasteiger partial charge in [0, 0.05) is 24.1 Å². The SMILES string of the molecule is CC[C@@H](C)NC(=O)CCn1nc(-c2ccccc2)ccc1=O. The van der Waals surface area contributed by atoms with E-state index in [1.54, 1.807) is 6.07 Å². The number of hydrogen-bond donors (Lipinski definition) is 1. The summed E-state index contributed by atoms with van der Waals surface area (Å²) in [6, 6.07) is 13.0. The van der Waals surface area contributed by atoms with E-state index < -0.39 is 0 Å². The Kier molecular flexibility index (Phi) is 5.47. The van der Waals surface area contributed by atoms with Crippen molar-refractivity contribution < 1.29 is 4.79 Å².